The molecule has 0 saturated carbocycles. The fraction of sp³-hybridized carbons (Fsp3) is 0.286. The topological polar surface area (TPSA) is 64.6 Å². The molecular formula is C14H14BrNO4. The Kier molecular flexibility index (Phi) is 4.79. The Morgan fingerprint density at radius 2 is 2.25 bits per heavy atom. The number of nitrogens with one attached hydrogen (secondary N) is 1. The highest BCUT2D eigenvalue weighted by atomic mass is 79.9. The van der Waals surface area contributed by atoms with Gasteiger partial charge in [0, 0.05) is 10.0 Å². The zero-order chi connectivity index (χ0) is 14.5. The molecule has 0 atom stereocenters. The molecule has 1 amide bonds. The van der Waals surface area contributed by atoms with Crippen LogP contribution >= 0.6 is 15.9 Å². The van der Waals surface area contributed by atoms with Gasteiger partial charge in [0.1, 0.15) is 18.9 Å². The quantitative estimate of drug-likeness (QED) is 0.851. The molecule has 0 bridgehead atoms. The smallest absolute Gasteiger partial charge is 0.325 e. The van der Waals surface area contributed by atoms with E-state index in [9.17, 15) is 9.59 Å². The highest BCUT2D eigenvalue weighted by molar-refractivity contribution is 9.10. The predicted octanol–water partition coefficient (Wildman–Crippen LogP) is 1.90. The van der Waals surface area contributed by atoms with Gasteiger partial charge in [-0.25, -0.2) is 0 Å². The number of rotatable bonds is 4. The Bertz CT molecular complexity index is 568. The molecule has 0 aliphatic carbocycles. The second kappa shape index (κ2) is 6.56. The molecule has 1 aliphatic rings. The lowest BCUT2D eigenvalue weighted by atomic mass is 10.1. The van der Waals surface area contributed by atoms with Crippen LogP contribution in [0.15, 0.2) is 28.2 Å². The number of benzene rings is 1. The first kappa shape index (κ1) is 14.6. The molecule has 1 heterocycles. The number of esters is 1. The summed E-state index contributed by atoms with van der Waals surface area (Å²) in [6.07, 6.45) is 1.75. The van der Waals surface area contributed by atoms with Crippen molar-refractivity contribution in [1.29, 1.82) is 0 Å². The van der Waals surface area contributed by atoms with Gasteiger partial charge in [-0.3, -0.25) is 9.59 Å². The molecular weight excluding hydrogens is 326 g/mol. The molecule has 0 saturated heterocycles. The highest BCUT2D eigenvalue weighted by Crippen LogP contribution is 2.29. The molecule has 0 spiro atoms. The number of hydrogen-bond donors (Lipinski definition) is 1. The van der Waals surface area contributed by atoms with E-state index in [1.54, 1.807) is 13.0 Å². The lowest BCUT2D eigenvalue weighted by molar-refractivity contribution is -0.143. The second-order valence-electron chi connectivity index (χ2n) is 4.13. The number of halogens is 1. The van der Waals surface area contributed by atoms with Crippen LogP contribution in [0.4, 0.5) is 0 Å². The Labute approximate surface area is 125 Å². The van der Waals surface area contributed by atoms with Crippen LogP contribution in [0, 0.1) is 0 Å². The summed E-state index contributed by atoms with van der Waals surface area (Å²) in [5, 5.41) is 2.51. The molecule has 0 radical (unpaired) electrons. The van der Waals surface area contributed by atoms with Crippen molar-refractivity contribution in [3.8, 4) is 5.75 Å². The SMILES string of the molecule is CCOC(=O)CNC(=O)C1=Cc2cc(Br)ccc2OC1. The molecule has 1 N–H and O–H groups in total. The third kappa shape index (κ3) is 3.60. The van der Waals surface area contributed by atoms with Gasteiger partial charge in [-0.05, 0) is 31.2 Å². The van der Waals surface area contributed by atoms with Gasteiger partial charge in [-0.15, -0.1) is 0 Å². The van der Waals surface area contributed by atoms with E-state index in [1.807, 2.05) is 18.2 Å². The summed E-state index contributed by atoms with van der Waals surface area (Å²) in [4.78, 5) is 23.1. The molecule has 1 aliphatic heterocycles. The van der Waals surface area contributed by atoms with Crippen molar-refractivity contribution in [1.82, 2.24) is 5.32 Å². The summed E-state index contributed by atoms with van der Waals surface area (Å²) in [7, 11) is 0. The van der Waals surface area contributed by atoms with Crippen LogP contribution in [0.3, 0.4) is 0 Å². The highest BCUT2D eigenvalue weighted by Gasteiger charge is 2.18. The van der Waals surface area contributed by atoms with E-state index >= 15 is 0 Å². The number of ether oxygens (including phenoxy) is 2. The van der Waals surface area contributed by atoms with E-state index in [2.05, 4.69) is 21.2 Å². The molecule has 0 unspecified atom stereocenters. The van der Waals surface area contributed by atoms with Gasteiger partial charge in [0.05, 0.1) is 12.2 Å². The van der Waals surface area contributed by atoms with Gasteiger partial charge in [0.25, 0.3) is 5.91 Å². The summed E-state index contributed by atoms with van der Waals surface area (Å²) >= 11 is 3.37. The number of carbonyl (C=O) groups is 2. The van der Waals surface area contributed by atoms with Gasteiger partial charge in [-0.2, -0.15) is 0 Å². The van der Waals surface area contributed by atoms with E-state index in [0.717, 1.165) is 15.8 Å². The van der Waals surface area contributed by atoms with Gasteiger partial charge >= 0.3 is 5.97 Å². The van der Waals surface area contributed by atoms with E-state index < -0.39 is 5.97 Å². The minimum atomic E-state index is -0.457. The first-order chi connectivity index (χ1) is 9.60. The van der Waals surface area contributed by atoms with Crippen molar-refractivity contribution in [3.05, 3.63) is 33.8 Å². The van der Waals surface area contributed by atoms with Crippen LogP contribution in [-0.2, 0) is 14.3 Å². The van der Waals surface area contributed by atoms with Crippen LogP contribution in [0.2, 0.25) is 0 Å². The monoisotopic (exact) mass is 339 g/mol. The largest absolute Gasteiger partial charge is 0.488 e. The fourth-order valence-electron chi connectivity index (χ4n) is 1.76. The van der Waals surface area contributed by atoms with Gasteiger partial charge in [0.2, 0.25) is 0 Å². The van der Waals surface area contributed by atoms with Crippen LogP contribution in [0.25, 0.3) is 6.08 Å². The number of fused-ring (bicyclic) bond motifs is 1. The summed E-state index contributed by atoms with van der Waals surface area (Å²) in [5.41, 5.74) is 1.30. The third-order valence-electron chi connectivity index (χ3n) is 2.68. The van der Waals surface area contributed by atoms with Crippen molar-refractivity contribution in [2.24, 2.45) is 0 Å². The van der Waals surface area contributed by atoms with E-state index in [4.69, 9.17) is 9.47 Å². The maximum atomic E-state index is 11.9. The summed E-state index contributed by atoms with van der Waals surface area (Å²) in [6, 6.07) is 5.58. The minimum Gasteiger partial charge on any atom is -0.488 e. The minimum absolute atomic E-state index is 0.143. The predicted molar refractivity (Wildman–Crippen MR) is 77.3 cm³/mol. The van der Waals surface area contributed by atoms with Gasteiger partial charge in [0.15, 0.2) is 0 Å². The second-order valence-corrected chi connectivity index (χ2v) is 5.04. The van der Waals surface area contributed by atoms with Gasteiger partial charge in [-0.1, -0.05) is 15.9 Å². The number of amides is 1. The molecule has 2 rings (SSSR count). The molecule has 0 fully saturated rings. The summed E-state index contributed by atoms with van der Waals surface area (Å²) in [6.45, 7) is 2.05. The van der Waals surface area contributed by atoms with Crippen molar-refractivity contribution in [2.45, 2.75) is 6.92 Å². The van der Waals surface area contributed by atoms with Crippen LogP contribution < -0.4 is 10.1 Å². The first-order valence-electron chi connectivity index (χ1n) is 6.17. The van der Waals surface area contributed by atoms with Crippen LogP contribution in [-0.4, -0.2) is 31.6 Å². The van der Waals surface area contributed by atoms with E-state index in [0.29, 0.717) is 12.2 Å². The Balaban J connectivity index is 2.03. The standard InChI is InChI=1S/C14H14BrNO4/c1-2-19-13(17)7-16-14(18)10-5-9-6-11(15)3-4-12(9)20-8-10/h3-6H,2,7-8H2,1H3,(H,16,18). The van der Waals surface area contributed by atoms with Crippen molar-refractivity contribution in [3.63, 3.8) is 0 Å². The maximum absolute atomic E-state index is 11.9. The lowest BCUT2D eigenvalue weighted by Crippen LogP contribution is -2.33. The Morgan fingerprint density at radius 3 is 3.00 bits per heavy atom. The van der Waals surface area contributed by atoms with E-state index in [1.165, 1.54) is 0 Å². The maximum Gasteiger partial charge on any atom is 0.325 e. The average Bonchev–Trinajstić information content (AvgIpc) is 2.44. The molecule has 1 aromatic rings. The van der Waals surface area contributed by atoms with Crippen molar-refractivity contribution in [2.75, 3.05) is 19.8 Å². The van der Waals surface area contributed by atoms with E-state index in [-0.39, 0.29) is 19.1 Å². The lowest BCUT2D eigenvalue weighted by Gasteiger charge is -2.17. The molecule has 106 valence electrons. The Hall–Kier alpha value is -1.82. The third-order valence-corrected chi connectivity index (χ3v) is 3.17. The van der Waals surface area contributed by atoms with Gasteiger partial charge < -0.3 is 14.8 Å². The summed E-state index contributed by atoms with van der Waals surface area (Å²) in [5.74, 6) is -0.0554. The van der Waals surface area contributed by atoms with Crippen LogP contribution in [0.1, 0.15) is 12.5 Å². The normalized spacial score (nSPS) is 12.8. The average molecular weight is 340 g/mol. The van der Waals surface area contributed by atoms with Crippen LogP contribution in [0.5, 0.6) is 5.75 Å². The zero-order valence-electron chi connectivity index (χ0n) is 10.9. The van der Waals surface area contributed by atoms with Crippen molar-refractivity contribution >= 4 is 33.9 Å². The first-order valence-corrected chi connectivity index (χ1v) is 6.96. The zero-order valence-corrected chi connectivity index (χ0v) is 12.5. The molecule has 1 aromatic carbocycles. The summed E-state index contributed by atoms with van der Waals surface area (Å²) < 4.78 is 11.1. The molecule has 6 heteroatoms. The molecule has 20 heavy (non-hydrogen) atoms. The molecule has 0 aromatic heterocycles. The fourth-order valence-corrected chi connectivity index (χ4v) is 2.14. The number of carbonyl (C=O) groups excluding carboxylic acids is 2. The van der Waals surface area contributed by atoms with Crippen molar-refractivity contribution < 1.29 is 19.1 Å². The Morgan fingerprint density at radius 1 is 1.45 bits per heavy atom. The molecule has 5 nitrogen and oxygen atoms in total. The number of hydrogen-bond acceptors (Lipinski definition) is 4.